The molecule has 112 valence electrons. The highest BCUT2D eigenvalue weighted by molar-refractivity contribution is 9.10. The average Bonchev–Trinajstić information content (AvgIpc) is 2.85. The van der Waals surface area contributed by atoms with Gasteiger partial charge in [-0.05, 0) is 55.5 Å². The normalized spacial score (nSPS) is 21.6. The summed E-state index contributed by atoms with van der Waals surface area (Å²) in [6, 6.07) is 5.97. The lowest BCUT2D eigenvalue weighted by Gasteiger charge is -2.20. The Morgan fingerprint density at radius 3 is 2.80 bits per heavy atom. The highest BCUT2D eigenvalue weighted by Crippen LogP contribution is 2.28. The van der Waals surface area contributed by atoms with E-state index in [1.54, 1.807) is 0 Å². The molecule has 0 amide bonds. The number of nitrogens with two attached hydrogens (primary N) is 1. The van der Waals surface area contributed by atoms with E-state index in [0.29, 0.717) is 0 Å². The minimum atomic E-state index is 0.0219. The largest absolute Gasteiger partial charge is 0.324 e. The minimum absolute atomic E-state index is 0.0219. The molecule has 0 radical (unpaired) electrons. The first kappa shape index (κ1) is 16.3. The summed E-state index contributed by atoms with van der Waals surface area (Å²) in [7, 11) is 0. The maximum absolute atomic E-state index is 6.29. The zero-order valence-corrected chi connectivity index (χ0v) is 14.6. The van der Waals surface area contributed by atoms with Crippen molar-refractivity contribution in [3.8, 4) is 0 Å². The lowest BCUT2D eigenvalue weighted by molar-refractivity contribution is 0.292. The van der Waals surface area contributed by atoms with Gasteiger partial charge in [0.25, 0.3) is 0 Å². The van der Waals surface area contributed by atoms with Crippen LogP contribution in [0, 0.1) is 11.8 Å². The molecule has 1 heterocycles. The standard InChI is InChI=1S/C16H24BrClN2/c1-11(2)12-5-7-20(10-12)8-6-16(19)14-4-3-13(17)9-15(14)18/h3-4,9,11-12,16H,5-8,10,19H2,1-2H3. The van der Waals surface area contributed by atoms with E-state index < -0.39 is 0 Å². The van der Waals surface area contributed by atoms with Gasteiger partial charge in [0, 0.05) is 22.1 Å². The van der Waals surface area contributed by atoms with Gasteiger partial charge >= 0.3 is 0 Å². The number of hydrogen-bond acceptors (Lipinski definition) is 2. The maximum atomic E-state index is 6.29. The van der Waals surface area contributed by atoms with Crippen LogP contribution in [0.15, 0.2) is 22.7 Å². The summed E-state index contributed by atoms with van der Waals surface area (Å²) >= 11 is 9.69. The summed E-state index contributed by atoms with van der Waals surface area (Å²) in [5.41, 5.74) is 7.34. The molecule has 2 N–H and O–H groups in total. The molecule has 1 aromatic carbocycles. The third-order valence-electron chi connectivity index (χ3n) is 4.37. The monoisotopic (exact) mass is 358 g/mol. The lowest BCUT2D eigenvalue weighted by atomic mass is 9.95. The van der Waals surface area contributed by atoms with Gasteiger partial charge in [-0.15, -0.1) is 0 Å². The molecule has 1 aliphatic rings. The second-order valence-electron chi connectivity index (χ2n) is 6.15. The van der Waals surface area contributed by atoms with Crippen molar-refractivity contribution in [3.63, 3.8) is 0 Å². The first-order valence-corrected chi connectivity index (χ1v) is 8.57. The number of benzene rings is 1. The van der Waals surface area contributed by atoms with Crippen LogP contribution >= 0.6 is 27.5 Å². The Labute approximate surface area is 135 Å². The van der Waals surface area contributed by atoms with Crippen LogP contribution in [0.3, 0.4) is 0 Å². The van der Waals surface area contributed by atoms with Crippen LogP contribution in [-0.4, -0.2) is 24.5 Å². The fourth-order valence-corrected chi connectivity index (χ4v) is 3.70. The fraction of sp³-hybridized carbons (Fsp3) is 0.625. The highest BCUT2D eigenvalue weighted by atomic mass is 79.9. The van der Waals surface area contributed by atoms with Gasteiger partial charge in [0.1, 0.15) is 0 Å². The molecule has 0 aromatic heterocycles. The van der Waals surface area contributed by atoms with Crippen LogP contribution in [0.4, 0.5) is 0 Å². The third kappa shape index (κ3) is 4.20. The van der Waals surface area contributed by atoms with Crippen LogP contribution in [0.2, 0.25) is 5.02 Å². The first-order valence-electron chi connectivity index (χ1n) is 7.40. The van der Waals surface area contributed by atoms with Gasteiger partial charge in [0.05, 0.1) is 0 Å². The van der Waals surface area contributed by atoms with Crippen LogP contribution in [0.1, 0.15) is 38.3 Å². The summed E-state index contributed by atoms with van der Waals surface area (Å²) in [6.07, 6.45) is 2.29. The molecule has 2 rings (SSSR count). The number of likely N-dealkylation sites (tertiary alicyclic amines) is 1. The zero-order valence-electron chi connectivity index (χ0n) is 12.3. The average molecular weight is 360 g/mol. The molecule has 20 heavy (non-hydrogen) atoms. The Morgan fingerprint density at radius 1 is 1.45 bits per heavy atom. The topological polar surface area (TPSA) is 29.3 Å². The van der Waals surface area contributed by atoms with Gasteiger partial charge < -0.3 is 10.6 Å². The van der Waals surface area contributed by atoms with E-state index in [2.05, 4.69) is 34.7 Å². The lowest BCUT2D eigenvalue weighted by Crippen LogP contribution is -2.26. The molecule has 4 heteroatoms. The summed E-state index contributed by atoms with van der Waals surface area (Å²) in [4.78, 5) is 2.54. The Hall–Kier alpha value is -0.0900. The van der Waals surface area contributed by atoms with E-state index in [4.69, 9.17) is 17.3 Å². The summed E-state index contributed by atoms with van der Waals surface area (Å²) in [5, 5.41) is 0.758. The molecule has 1 aliphatic heterocycles. The van der Waals surface area contributed by atoms with Crippen molar-refractivity contribution >= 4 is 27.5 Å². The van der Waals surface area contributed by atoms with E-state index in [1.165, 1.54) is 19.5 Å². The molecule has 0 spiro atoms. The Bertz CT molecular complexity index is 450. The second kappa shape index (κ2) is 7.26. The number of nitrogens with zero attached hydrogens (tertiary/aromatic N) is 1. The van der Waals surface area contributed by atoms with E-state index in [0.717, 1.165) is 39.9 Å². The number of rotatable bonds is 5. The van der Waals surface area contributed by atoms with E-state index >= 15 is 0 Å². The molecule has 1 aromatic rings. The van der Waals surface area contributed by atoms with Crippen molar-refractivity contribution < 1.29 is 0 Å². The van der Waals surface area contributed by atoms with Crippen LogP contribution in [-0.2, 0) is 0 Å². The summed E-state index contributed by atoms with van der Waals surface area (Å²) in [5.74, 6) is 1.64. The van der Waals surface area contributed by atoms with Crippen LogP contribution in [0.5, 0.6) is 0 Å². The molecule has 0 saturated carbocycles. The minimum Gasteiger partial charge on any atom is -0.324 e. The zero-order chi connectivity index (χ0) is 14.7. The molecular weight excluding hydrogens is 336 g/mol. The predicted molar refractivity (Wildman–Crippen MR) is 90.1 cm³/mol. The number of hydrogen-bond donors (Lipinski definition) is 1. The second-order valence-corrected chi connectivity index (χ2v) is 7.48. The maximum Gasteiger partial charge on any atom is 0.0464 e. The van der Waals surface area contributed by atoms with Crippen molar-refractivity contribution in [2.45, 2.75) is 32.7 Å². The Kier molecular flexibility index (Phi) is 5.91. The van der Waals surface area contributed by atoms with Crippen LogP contribution in [0.25, 0.3) is 0 Å². The van der Waals surface area contributed by atoms with Crippen molar-refractivity contribution in [2.24, 2.45) is 17.6 Å². The summed E-state index contributed by atoms with van der Waals surface area (Å²) < 4.78 is 0.998. The molecule has 0 bridgehead atoms. The van der Waals surface area contributed by atoms with E-state index in [-0.39, 0.29) is 6.04 Å². The molecule has 2 unspecified atom stereocenters. The Morgan fingerprint density at radius 2 is 2.20 bits per heavy atom. The quantitative estimate of drug-likeness (QED) is 0.840. The van der Waals surface area contributed by atoms with Crippen molar-refractivity contribution in [1.82, 2.24) is 4.90 Å². The molecule has 1 saturated heterocycles. The van der Waals surface area contributed by atoms with Crippen LogP contribution < -0.4 is 5.73 Å². The van der Waals surface area contributed by atoms with Gasteiger partial charge in [0.2, 0.25) is 0 Å². The van der Waals surface area contributed by atoms with Crippen molar-refractivity contribution in [3.05, 3.63) is 33.3 Å². The molecule has 1 fully saturated rings. The smallest absolute Gasteiger partial charge is 0.0464 e. The first-order chi connectivity index (χ1) is 9.47. The van der Waals surface area contributed by atoms with Gasteiger partial charge in [-0.25, -0.2) is 0 Å². The highest BCUT2D eigenvalue weighted by Gasteiger charge is 2.25. The fourth-order valence-electron chi connectivity index (χ4n) is 2.89. The molecule has 2 nitrogen and oxygen atoms in total. The van der Waals surface area contributed by atoms with Gasteiger partial charge in [-0.3, -0.25) is 0 Å². The SMILES string of the molecule is CC(C)C1CCN(CCC(N)c2ccc(Br)cc2Cl)C1. The summed E-state index contributed by atoms with van der Waals surface area (Å²) in [6.45, 7) is 8.14. The molecule has 2 atom stereocenters. The molecule has 0 aliphatic carbocycles. The Balaban J connectivity index is 1.85. The van der Waals surface area contributed by atoms with Gasteiger partial charge in [-0.1, -0.05) is 47.4 Å². The van der Waals surface area contributed by atoms with E-state index in [1.807, 2.05) is 18.2 Å². The van der Waals surface area contributed by atoms with E-state index in [9.17, 15) is 0 Å². The van der Waals surface area contributed by atoms with Crippen molar-refractivity contribution in [2.75, 3.05) is 19.6 Å². The van der Waals surface area contributed by atoms with Gasteiger partial charge in [-0.2, -0.15) is 0 Å². The van der Waals surface area contributed by atoms with Gasteiger partial charge in [0.15, 0.2) is 0 Å². The number of halogens is 2. The molecular formula is C16H24BrClN2. The van der Waals surface area contributed by atoms with Crippen molar-refractivity contribution in [1.29, 1.82) is 0 Å². The predicted octanol–water partition coefficient (Wildman–Crippen LogP) is 4.47. The third-order valence-corrected chi connectivity index (χ3v) is 5.19.